The molecule has 0 heteroatoms. The van der Waals surface area contributed by atoms with Gasteiger partial charge < -0.3 is 0 Å². The van der Waals surface area contributed by atoms with Gasteiger partial charge in [0.15, 0.2) is 0 Å². The average molecular weight is 132 g/mol. The van der Waals surface area contributed by atoms with Crippen molar-refractivity contribution >= 4 is 0 Å². The molecule has 8 heavy (non-hydrogen) atoms. The Bertz CT molecular complexity index is 454. The Hall–Kier alpha value is 0. The first-order valence-corrected chi connectivity index (χ1v) is 1.75. The zero-order valence-corrected chi connectivity index (χ0v) is 4.00. The smallest absolute Gasteiger partial charge is 0.0297 e. The first kappa shape index (κ1) is 0.627. The summed E-state index contributed by atoms with van der Waals surface area (Å²) in [5.41, 5.74) is -4.47. The van der Waals surface area contributed by atoms with Crippen molar-refractivity contribution < 1.29 is 24.7 Å². The summed E-state index contributed by atoms with van der Waals surface area (Å²) in [6.07, 6.45) is -4.56. The van der Waals surface area contributed by atoms with Crippen molar-refractivity contribution in [2.75, 3.05) is 0 Å². The predicted octanol–water partition coefficient (Wildman–Crippen LogP) is 3.08. The fourth-order valence-corrected chi connectivity index (χ4v) is 0.188. The van der Waals surface area contributed by atoms with Crippen LogP contribution in [0.1, 0.15) is 65.3 Å². The summed E-state index contributed by atoms with van der Waals surface area (Å²) < 4.78 is 134. The molecule has 0 aromatic carbocycles. The van der Waals surface area contributed by atoms with Gasteiger partial charge in [0.2, 0.25) is 0 Å². The van der Waals surface area contributed by atoms with Crippen LogP contribution in [0.15, 0.2) is 0 Å². The summed E-state index contributed by atoms with van der Waals surface area (Å²) in [4.78, 5) is 0. The van der Waals surface area contributed by atoms with E-state index >= 15 is 0 Å². The molecule has 0 aromatic rings. The van der Waals surface area contributed by atoms with E-state index in [-0.39, 0.29) is 0 Å². The molecule has 0 aliphatic carbocycles. The van der Waals surface area contributed by atoms with Crippen LogP contribution in [0.25, 0.3) is 0 Å². The van der Waals surface area contributed by atoms with E-state index < -0.39 is 51.9 Å². The molecule has 0 saturated heterocycles. The lowest BCUT2D eigenvalue weighted by molar-refractivity contribution is 0.320. The maximum absolute atomic E-state index is 7.94. The zero-order valence-electron chi connectivity index (χ0n) is 22.0. The molecule has 50 valence electrons. The van der Waals surface area contributed by atoms with Gasteiger partial charge in [-0.15, -0.1) is 0 Å². The minimum Gasteiger partial charge on any atom is -0.0628 e. The molecule has 0 bridgehead atoms. The van der Waals surface area contributed by atoms with E-state index in [4.69, 9.17) is 24.7 Å². The summed E-state index contributed by atoms with van der Waals surface area (Å²) in [5, 5.41) is 0. The Kier molecular flexibility index (Phi) is 0.198. The third kappa shape index (κ3) is 6.00. The maximum atomic E-state index is 7.94. The van der Waals surface area contributed by atoms with E-state index in [0.717, 1.165) is 0 Å². The SMILES string of the molecule is [2H]C([2H])([2H])C([2H])(C([2H])([2H])[2H])C([2H])([2H])C(C([2H])([2H])[2H])(C([2H])([2H])[2H])C([2H])([2H])[2H]. The molecule has 0 saturated carbocycles. The Labute approximate surface area is 78.6 Å². The van der Waals surface area contributed by atoms with Gasteiger partial charge in [0, 0.05) is 24.7 Å². The van der Waals surface area contributed by atoms with Crippen molar-refractivity contribution in [2.24, 2.45) is 11.3 Å². The summed E-state index contributed by atoms with van der Waals surface area (Å²) in [7, 11) is 0. The molecular weight excluding hydrogens is 96.1 g/mol. The predicted molar refractivity (Wildman–Crippen MR) is 38.9 cm³/mol. The summed E-state index contributed by atoms with van der Waals surface area (Å²) in [5.74, 6) is -4.37. The fraction of sp³-hybridized carbons (Fsp3) is 1.00. The van der Waals surface area contributed by atoms with Gasteiger partial charge in [-0.2, -0.15) is 0 Å². The highest BCUT2D eigenvalue weighted by atomic mass is 14.2. The first-order valence-electron chi connectivity index (χ1n) is 10.8. The van der Waals surface area contributed by atoms with E-state index in [0.29, 0.717) is 0 Å². The third-order valence-corrected chi connectivity index (χ3v) is 0.312. The van der Waals surface area contributed by atoms with Crippen LogP contribution in [0, 0.1) is 11.3 Å². The Morgan fingerprint density at radius 1 is 1.62 bits per heavy atom. The number of hydrogen-bond donors (Lipinski definition) is 0. The standard InChI is InChI=1S/C8H18/c1-7(2)6-8(3,4)5/h7H,6H2,1-5H3/i1D3,2D3,3D3,4D3,5D3,6D2,7D. The molecule has 0 aliphatic rings. The second kappa shape index (κ2) is 2.52. The van der Waals surface area contributed by atoms with E-state index in [2.05, 4.69) is 0 Å². The monoisotopic (exact) mass is 132 g/mol. The Balaban J connectivity index is 7.61. The second-order valence-corrected chi connectivity index (χ2v) is 1.25. The minimum atomic E-state index is -4.56. The quantitative estimate of drug-likeness (QED) is 0.514. The van der Waals surface area contributed by atoms with Crippen molar-refractivity contribution in [1.82, 2.24) is 0 Å². The van der Waals surface area contributed by atoms with Gasteiger partial charge in [0.05, 0.1) is 0 Å². The van der Waals surface area contributed by atoms with Crippen LogP contribution in [0.4, 0.5) is 0 Å². The van der Waals surface area contributed by atoms with Crippen LogP contribution in [0.5, 0.6) is 0 Å². The normalized spacial score (nSPS) is 57.0. The van der Waals surface area contributed by atoms with Crippen LogP contribution in [0.3, 0.4) is 0 Å². The van der Waals surface area contributed by atoms with Crippen LogP contribution in [-0.2, 0) is 0 Å². The van der Waals surface area contributed by atoms with E-state index in [1.807, 2.05) is 0 Å². The maximum Gasteiger partial charge on any atom is 0.0297 e. The van der Waals surface area contributed by atoms with Crippen molar-refractivity contribution in [3.8, 4) is 0 Å². The van der Waals surface area contributed by atoms with Gasteiger partial charge in [0.1, 0.15) is 0 Å². The molecule has 0 rings (SSSR count). The molecule has 0 atom stereocenters. The number of rotatable bonds is 1. The minimum absolute atomic E-state index is 4.09. The lowest BCUT2D eigenvalue weighted by atomic mass is 9.86. The highest BCUT2D eigenvalue weighted by molar-refractivity contribution is 4.62. The lowest BCUT2D eigenvalue weighted by Gasteiger charge is -2.19. The van der Waals surface area contributed by atoms with Crippen LogP contribution < -0.4 is 0 Å². The van der Waals surface area contributed by atoms with E-state index in [1.54, 1.807) is 0 Å². The van der Waals surface area contributed by atoms with E-state index in [9.17, 15) is 0 Å². The molecule has 0 N–H and O–H groups in total. The molecule has 0 fully saturated rings. The van der Waals surface area contributed by atoms with Gasteiger partial charge in [-0.05, 0) is 17.7 Å². The summed E-state index contributed by atoms with van der Waals surface area (Å²) in [6.45, 7) is -20.8. The highest BCUT2D eigenvalue weighted by Gasteiger charge is 2.11. The molecule has 0 heterocycles. The molecule has 0 spiro atoms. The largest absolute Gasteiger partial charge is 0.0628 e. The van der Waals surface area contributed by atoms with Gasteiger partial charge in [-0.1, -0.05) is 34.3 Å². The molecule has 0 radical (unpaired) electrons. The van der Waals surface area contributed by atoms with E-state index in [1.165, 1.54) is 0 Å². The fourth-order valence-electron chi connectivity index (χ4n) is 0.188. The molecule has 0 aromatic heterocycles. The van der Waals surface area contributed by atoms with Crippen molar-refractivity contribution in [3.05, 3.63) is 0 Å². The van der Waals surface area contributed by atoms with Crippen molar-refractivity contribution in [2.45, 2.75) is 40.6 Å². The van der Waals surface area contributed by atoms with Crippen molar-refractivity contribution in [1.29, 1.82) is 0 Å². The van der Waals surface area contributed by atoms with Crippen LogP contribution >= 0.6 is 0 Å². The number of hydrogen-bond acceptors (Lipinski definition) is 0. The molecule has 0 aliphatic heterocycles. The third-order valence-electron chi connectivity index (χ3n) is 0.312. The lowest BCUT2D eigenvalue weighted by Crippen LogP contribution is -2.08. The van der Waals surface area contributed by atoms with Gasteiger partial charge >= 0.3 is 0 Å². The summed E-state index contributed by atoms with van der Waals surface area (Å²) in [6, 6.07) is 0. The van der Waals surface area contributed by atoms with Crippen LogP contribution in [0.2, 0.25) is 0 Å². The second-order valence-electron chi connectivity index (χ2n) is 1.25. The Morgan fingerprint density at radius 2 is 2.25 bits per heavy atom. The molecule has 0 nitrogen and oxygen atoms in total. The first-order chi connectivity index (χ1) is 10.8. The van der Waals surface area contributed by atoms with Crippen LogP contribution in [-0.4, -0.2) is 0 Å². The molecular formula is C8H18. The van der Waals surface area contributed by atoms with Gasteiger partial charge in [0.25, 0.3) is 0 Å². The van der Waals surface area contributed by atoms with Gasteiger partial charge in [-0.3, -0.25) is 0 Å². The van der Waals surface area contributed by atoms with Gasteiger partial charge in [-0.25, -0.2) is 0 Å². The highest BCUT2D eigenvalue weighted by Crippen LogP contribution is 2.23. The zero-order chi connectivity index (χ0) is 22.0. The molecule has 0 amide bonds. The average Bonchev–Trinajstić information content (AvgIpc) is 2.16. The topological polar surface area (TPSA) is 0 Å². The Morgan fingerprint density at radius 3 is 2.62 bits per heavy atom. The molecule has 0 unspecified atom stereocenters. The van der Waals surface area contributed by atoms with Crippen molar-refractivity contribution in [3.63, 3.8) is 0 Å². The summed E-state index contributed by atoms with van der Waals surface area (Å²) >= 11 is 0.